The molecular formula is C41H83NO5S. The van der Waals surface area contributed by atoms with Gasteiger partial charge in [-0.25, -0.2) is 0 Å². The summed E-state index contributed by atoms with van der Waals surface area (Å²) in [7, 11) is -4.30. The number of unbranched alkanes of at least 4 members (excludes halogenated alkanes) is 31. The number of nitrogens with one attached hydrogen (secondary N) is 1. The molecule has 0 spiro atoms. The van der Waals surface area contributed by atoms with E-state index in [0.717, 1.165) is 38.5 Å². The van der Waals surface area contributed by atoms with E-state index in [-0.39, 0.29) is 5.91 Å². The first-order chi connectivity index (χ1) is 23.3. The summed E-state index contributed by atoms with van der Waals surface area (Å²) in [5, 5.41) is 13.3. The van der Waals surface area contributed by atoms with Crippen LogP contribution in [0.15, 0.2) is 0 Å². The van der Waals surface area contributed by atoms with Gasteiger partial charge in [0.2, 0.25) is 5.91 Å². The zero-order chi connectivity index (χ0) is 35.4. The van der Waals surface area contributed by atoms with Gasteiger partial charge in [0.15, 0.2) is 0 Å². The second-order valence-corrected chi connectivity index (χ2v) is 16.5. The standard InChI is InChI=1S/C41H83NO5S/c1-3-5-7-9-11-13-15-16-17-18-19-20-21-22-23-24-25-27-29-31-33-35-37-41(44)42-39(38-48(45,46)47)40(43)36-34-32-30-28-26-14-12-10-8-6-4-2/h39-40,43H,3-38H2,1-2H3,(H,42,44)(H,45,46,47). The third-order valence-electron chi connectivity index (χ3n) is 10.1. The summed E-state index contributed by atoms with van der Waals surface area (Å²) < 4.78 is 32.5. The minimum atomic E-state index is -4.30. The Bertz CT molecular complexity index is 775. The number of rotatable bonds is 39. The third-order valence-corrected chi connectivity index (χ3v) is 10.8. The van der Waals surface area contributed by atoms with E-state index < -0.39 is 28.0 Å². The number of aliphatic hydroxyl groups excluding tert-OH is 1. The van der Waals surface area contributed by atoms with Gasteiger partial charge in [0.1, 0.15) is 0 Å². The van der Waals surface area contributed by atoms with E-state index in [1.165, 1.54) is 173 Å². The van der Waals surface area contributed by atoms with Crippen LogP contribution in [0.3, 0.4) is 0 Å². The first-order valence-electron chi connectivity index (χ1n) is 21.2. The van der Waals surface area contributed by atoms with E-state index >= 15 is 0 Å². The van der Waals surface area contributed by atoms with Gasteiger partial charge in [0.25, 0.3) is 10.1 Å². The lowest BCUT2D eigenvalue weighted by atomic mass is 10.0. The van der Waals surface area contributed by atoms with Gasteiger partial charge in [-0.15, -0.1) is 0 Å². The van der Waals surface area contributed by atoms with Crippen molar-refractivity contribution in [2.24, 2.45) is 0 Å². The van der Waals surface area contributed by atoms with Crippen molar-refractivity contribution < 1.29 is 22.9 Å². The number of hydrogen-bond donors (Lipinski definition) is 3. The molecule has 0 saturated carbocycles. The molecule has 0 fully saturated rings. The highest BCUT2D eigenvalue weighted by molar-refractivity contribution is 7.85. The normalized spacial score (nSPS) is 13.2. The average molecular weight is 702 g/mol. The van der Waals surface area contributed by atoms with Crippen molar-refractivity contribution in [1.82, 2.24) is 5.32 Å². The molecule has 2 unspecified atom stereocenters. The Kier molecular flexibility index (Phi) is 35.6. The van der Waals surface area contributed by atoms with Gasteiger partial charge < -0.3 is 10.4 Å². The summed E-state index contributed by atoms with van der Waals surface area (Å²) in [5.41, 5.74) is 0. The Balaban J connectivity index is 3.72. The second-order valence-electron chi connectivity index (χ2n) is 15.0. The van der Waals surface area contributed by atoms with Crippen LogP contribution in [0.25, 0.3) is 0 Å². The van der Waals surface area contributed by atoms with E-state index in [4.69, 9.17) is 0 Å². The maximum absolute atomic E-state index is 12.5. The van der Waals surface area contributed by atoms with E-state index in [9.17, 15) is 22.9 Å². The largest absolute Gasteiger partial charge is 0.391 e. The predicted molar refractivity (Wildman–Crippen MR) is 207 cm³/mol. The van der Waals surface area contributed by atoms with Crippen molar-refractivity contribution in [2.45, 2.75) is 251 Å². The van der Waals surface area contributed by atoms with Crippen LogP contribution in [0, 0.1) is 0 Å². The third kappa shape index (κ3) is 36.6. The molecule has 0 saturated heterocycles. The number of aliphatic hydroxyl groups is 1. The van der Waals surface area contributed by atoms with Crippen molar-refractivity contribution in [2.75, 3.05) is 5.75 Å². The van der Waals surface area contributed by atoms with Crippen LogP contribution in [-0.4, -0.2) is 41.9 Å². The fraction of sp³-hybridized carbons (Fsp3) is 0.976. The molecule has 0 radical (unpaired) electrons. The second kappa shape index (κ2) is 36.1. The van der Waals surface area contributed by atoms with Crippen LogP contribution >= 0.6 is 0 Å². The van der Waals surface area contributed by atoms with Crippen molar-refractivity contribution in [3.63, 3.8) is 0 Å². The Morgan fingerprint density at radius 3 is 1.04 bits per heavy atom. The summed E-state index contributed by atoms with van der Waals surface area (Å²) in [6, 6.07) is -0.963. The smallest absolute Gasteiger partial charge is 0.266 e. The van der Waals surface area contributed by atoms with Crippen molar-refractivity contribution in [3.8, 4) is 0 Å². The summed E-state index contributed by atoms with van der Waals surface area (Å²) >= 11 is 0. The predicted octanol–water partition coefficient (Wildman–Crippen LogP) is 12.4. The molecule has 0 bridgehead atoms. The SMILES string of the molecule is CCCCCCCCCCCCCCCCCCCCCCCCC(=O)NC(CS(=O)(=O)O)C(O)CCCCCCCCCCCCC. The number of carbonyl (C=O) groups excluding carboxylic acids is 1. The molecule has 288 valence electrons. The van der Waals surface area contributed by atoms with Gasteiger partial charge in [-0.05, 0) is 12.8 Å². The first-order valence-corrected chi connectivity index (χ1v) is 22.8. The highest BCUT2D eigenvalue weighted by Crippen LogP contribution is 2.17. The monoisotopic (exact) mass is 702 g/mol. The summed E-state index contributed by atoms with van der Waals surface area (Å²) in [6.45, 7) is 4.52. The molecule has 0 aromatic rings. The molecule has 0 aliphatic rings. The quantitative estimate of drug-likeness (QED) is 0.0437. The van der Waals surface area contributed by atoms with Crippen molar-refractivity contribution in [1.29, 1.82) is 0 Å². The van der Waals surface area contributed by atoms with Crippen molar-refractivity contribution in [3.05, 3.63) is 0 Å². The molecule has 0 aliphatic carbocycles. The van der Waals surface area contributed by atoms with Crippen LogP contribution < -0.4 is 5.32 Å². The lowest BCUT2D eigenvalue weighted by Gasteiger charge is -2.23. The lowest BCUT2D eigenvalue weighted by molar-refractivity contribution is -0.122. The summed E-state index contributed by atoms with van der Waals surface area (Å²) in [6.07, 6.45) is 42.1. The molecule has 2 atom stereocenters. The van der Waals surface area contributed by atoms with E-state index in [1.807, 2.05) is 0 Å². The molecule has 6 nitrogen and oxygen atoms in total. The van der Waals surface area contributed by atoms with E-state index in [2.05, 4.69) is 19.2 Å². The number of carbonyl (C=O) groups is 1. The van der Waals surface area contributed by atoms with E-state index in [1.54, 1.807) is 0 Å². The minimum Gasteiger partial charge on any atom is -0.391 e. The van der Waals surface area contributed by atoms with Gasteiger partial charge in [0.05, 0.1) is 17.9 Å². The summed E-state index contributed by atoms with van der Waals surface area (Å²) in [5.74, 6) is -0.882. The lowest BCUT2D eigenvalue weighted by Crippen LogP contribution is -2.47. The van der Waals surface area contributed by atoms with Gasteiger partial charge in [-0.2, -0.15) is 8.42 Å². The first kappa shape index (κ1) is 47.3. The molecule has 48 heavy (non-hydrogen) atoms. The van der Waals surface area contributed by atoms with Crippen LogP contribution in [0.5, 0.6) is 0 Å². The van der Waals surface area contributed by atoms with Gasteiger partial charge in [-0.1, -0.05) is 219 Å². The fourth-order valence-corrected chi connectivity index (χ4v) is 7.63. The zero-order valence-electron chi connectivity index (χ0n) is 32.1. The van der Waals surface area contributed by atoms with Crippen LogP contribution in [-0.2, 0) is 14.9 Å². The highest BCUT2D eigenvalue weighted by Gasteiger charge is 2.26. The Labute approximate surface area is 299 Å². The summed E-state index contributed by atoms with van der Waals surface area (Å²) in [4.78, 5) is 12.5. The highest BCUT2D eigenvalue weighted by atomic mass is 32.2. The van der Waals surface area contributed by atoms with E-state index in [0.29, 0.717) is 12.8 Å². The maximum atomic E-state index is 12.5. The molecule has 0 aromatic carbocycles. The molecule has 0 aliphatic heterocycles. The molecular weight excluding hydrogens is 619 g/mol. The Morgan fingerprint density at radius 1 is 0.479 bits per heavy atom. The van der Waals surface area contributed by atoms with Crippen LogP contribution in [0.2, 0.25) is 0 Å². The molecule has 7 heteroatoms. The maximum Gasteiger partial charge on any atom is 0.266 e. The topological polar surface area (TPSA) is 104 Å². The number of amides is 1. The molecule has 0 heterocycles. The number of hydrogen-bond acceptors (Lipinski definition) is 4. The van der Waals surface area contributed by atoms with Gasteiger partial charge in [-0.3, -0.25) is 9.35 Å². The van der Waals surface area contributed by atoms with Crippen LogP contribution in [0.1, 0.15) is 239 Å². The zero-order valence-corrected chi connectivity index (χ0v) is 33.0. The van der Waals surface area contributed by atoms with Gasteiger partial charge >= 0.3 is 0 Å². The van der Waals surface area contributed by atoms with Gasteiger partial charge in [0, 0.05) is 6.42 Å². The average Bonchev–Trinajstić information content (AvgIpc) is 3.05. The molecule has 0 aromatic heterocycles. The molecule has 3 N–H and O–H groups in total. The van der Waals surface area contributed by atoms with Crippen LogP contribution in [0.4, 0.5) is 0 Å². The fourth-order valence-electron chi connectivity index (χ4n) is 6.87. The van der Waals surface area contributed by atoms with Crippen molar-refractivity contribution >= 4 is 16.0 Å². The molecule has 0 rings (SSSR count). The minimum absolute atomic E-state index is 0.241. The Hall–Kier alpha value is -0.660. The Morgan fingerprint density at radius 2 is 0.750 bits per heavy atom. The molecule has 1 amide bonds.